The number of rotatable bonds is 10. The summed E-state index contributed by atoms with van der Waals surface area (Å²) in [6.45, 7) is 7.30. The Bertz CT molecular complexity index is 1460. The standard InChI is InChI=1S/C32H41N3O6S/c1-22-6-13-29(14-7-22)42(38,39)33-27-10-15-30-26(16-27)17-32(37)35(24(3)21-36)18-23(2)31(41-30)20-34(4)19-25-8-11-28(40-5)12-9-25/h6-16,23-24,31,33,36H,17-21H2,1-5H3/t23-,24-,31+/m1/s1. The fraction of sp³-hybridized carbons (Fsp3) is 0.406. The van der Waals surface area contributed by atoms with Gasteiger partial charge in [-0.1, -0.05) is 36.8 Å². The molecular weight excluding hydrogens is 554 g/mol. The molecule has 4 rings (SSSR count). The third kappa shape index (κ3) is 7.81. The van der Waals surface area contributed by atoms with Gasteiger partial charge < -0.3 is 19.5 Å². The molecule has 0 spiro atoms. The van der Waals surface area contributed by atoms with Crippen molar-refractivity contribution in [2.45, 2.75) is 50.8 Å². The van der Waals surface area contributed by atoms with Crippen LogP contribution in [0.15, 0.2) is 71.6 Å². The van der Waals surface area contributed by atoms with E-state index in [-0.39, 0.29) is 41.9 Å². The molecule has 1 amide bonds. The maximum Gasteiger partial charge on any atom is 0.261 e. The van der Waals surface area contributed by atoms with E-state index in [9.17, 15) is 18.3 Å². The average molecular weight is 596 g/mol. The van der Waals surface area contributed by atoms with E-state index in [1.54, 1.807) is 54.5 Å². The molecule has 3 aromatic rings. The molecule has 0 radical (unpaired) electrons. The first kappa shape index (κ1) is 31.3. The second kappa shape index (κ2) is 13.6. The maximum atomic E-state index is 13.5. The predicted molar refractivity (Wildman–Crippen MR) is 163 cm³/mol. The lowest BCUT2D eigenvalue weighted by Gasteiger charge is -2.34. The van der Waals surface area contributed by atoms with E-state index in [4.69, 9.17) is 9.47 Å². The molecule has 1 heterocycles. The quantitative estimate of drug-likeness (QED) is 0.364. The largest absolute Gasteiger partial charge is 0.497 e. The molecule has 226 valence electrons. The number of carbonyl (C=O) groups excluding carboxylic acids is 1. The van der Waals surface area contributed by atoms with Crippen LogP contribution in [0.4, 0.5) is 5.69 Å². The van der Waals surface area contributed by atoms with E-state index in [0.29, 0.717) is 36.6 Å². The first-order valence-electron chi connectivity index (χ1n) is 14.1. The first-order chi connectivity index (χ1) is 20.0. The van der Waals surface area contributed by atoms with E-state index in [1.807, 2.05) is 52.1 Å². The van der Waals surface area contributed by atoms with Crippen LogP contribution in [-0.2, 0) is 27.8 Å². The van der Waals surface area contributed by atoms with Gasteiger partial charge in [-0.05, 0) is 68.9 Å². The highest BCUT2D eigenvalue weighted by molar-refractivity contribution is 7.92. The summed E-state index contributed by atoms with van der Waals surface area (Å²) >= 11 is 0. The zero-order valence-corrected chi connectivity index (χ0v) is 25.7. The van der Waals surface area contributed by atoms with Gasteiger partial charge in [0, 0.05) is 36.8 Å². The number of amides is 1. The molecule has 0 aliphatic carbocycles. The van der Waals surface area contributed by atoms with Gasteiger partial charge in [0.05, 0.1) is 31.1 Å². The molecule has 3 aromatic carbocycles. The SMILES string of the molecule is COc1ccc(CN(C)C[C@@H]2Oc3ccc(NS(=O)(=O)c4ccc(C)cc4)cc3CC(=O)N([C@H](C)CO)C[C@H]2C)cc1. The van der Waals surface area contributed by atoms with Gasteiger partial charge in [0.1, 0.15) is 17.6 Å². The molecule has 2 N–H and O–H groups in total. The first-order valence-corrected chi connectivity index (χ1v) is 15.6. The lowest BCUT2D eigenvalue weighted by atomic mass is 10.0. The van der Waals surface area contributed by atoms with Crippen molar-refractivity contribution in [3.63, 3.8) is 0 Å². The summed E-state index contributed by atoms with van der Waals surface area (Å²) in [4.78, 5) is 17.5. The second-order valence-corrected chi connectivity index (χ2v) is 12.9. The van der Waals surface area contributed by atoms with E-state index in [1.165, 1.54) is 0 Å². The van der Waals surface area contributed by atoms with Crippen molar-refractivity contribution in [1.82, 2.24) is 9.80 Å². The van der Waals surface area contributed by atoms with Crippen LogP contribution in [0.1, 0.15) is 30.5 Å². The van der Waals surface area contributed by atoms with Gasteiger partial charge in [0.25, 0.3) is 10.0 Å². The van der Waals surface area contributed by atoms with Crippen LogP contribution in [-0.4, -0.2) is 75.2 Å². The number of likely N-dealkylation sites (N-methyl/N-ethyl adjacent to an activating group) is 1. The van der Waals surface area contributed by atoms with Crippen LogP contribution in [0.2, 0.25) is 0 Å². The smallest absolute Gasteiger partial charge is 0.261 e. The number of fused-ring (bicyclic) bond motifs is 1. The minimum absolute atomic E-state index is 0.0148. The van der Waals surface area contributed by atoms with Gasteiger partial charge in [0.2, 0.25) is 5.91 Å². The van der Waals surface area contributed by atoms with Gasteiger partial charge in [-0.3, -0.25) is 14.4 Å². The Morgan fingerprint density at radius 2 is 1.81 bits per heavy atom. The monoisotopic (exact) mass is 595 g/mol. The second-order valence-electron chi connectivity index (χ2n) is 11.2. The maximum absolute atomic E-state index is 13.5. The molecule has 1 aliphatic heterocycles. The normalized spacial score (nSPS) is 18.4. The van der Waals surface area contributed by atoms with E-state index in [2.05, 4.69) is 9.62 Å². The Morgan fingerprint density at radius 3 is 2.45 bits per heavy atom. The third-order valence-electron chi connectivity index (χ3n) is 7.60. The summed E-state index contributed by atoms with van der Waals surface area (Å²) in [6.07, 6.45) is -0.262. The Hall–Kier alpha value is -3.60. The minimum Gasteiger partial charge on any atom is -0.497 e. The molecule has 0 fully saturated rings. The fourth-order valence-electron chi connectivity index (χ4n) is 5.06. The molecule has 0 bridgehead atoms. The van der Waals surface area contributed by atoms with Crippen molar-refractivity contribution in [2.75, 3.05) is 38.6 Å². The van der Waals surface area contributed by atoms with Crippen molar-refractivity contribution < 1.29 is 27.8 Å². The Balaban J connectivity index is 1.61. The van der Waals surface area contributed by atoms with Crippen LogP contribution in [0.5, 0.6) is 11.5 Å². The van der Waals surface area contributed by atoms with Crippen molar-refractivity contribution in [2.24, 2.45) is 5.92 Å². The lowest BCUT2D eigenvalue weighted by molar-refractivity contribution is -0.134. The number of methoxy groups -OCH3 is 1. The molecule has 10 heteroatoms. The summed E-state index contributed by atoms with van der Waals surface area (Å²) in [7, 11) is -0.160. The van der Waals surface area contributed by atoms with Gasteiger partial charge in [-0.2, -0.15) is 0 Å². The highest BCUT2D eigenvalue weighted by atomic mass is 32.2. The number of sulfonamides is 1. The van der Waals surface area contributed by atoms with E-state index in [0.717, 1.165) is 16.9 Å². The Kier molecular flexibility index (Phi) is 10.1. The van der Waals surface area contributed by atoms with Crippen LogP contribution in [0.3, 0.4) is 0 Å². The lowest BCUT2D eigenvalue weighted by Crippen LogP contribution is -2.47. The van der Waals surface area contributed by atoms with Gasteiger partial charge in [-0.25, -0.2) is 8.42 Å². The Morgan fingerprint density at radius 1 is 1.12 bits per heavy atom. The van der Waals surface area contributed by atoms with Gasteiger partial charge in [-0.15, -0.1) is 0 Å². The zero-order valence-electron chi connectivity index (χ0n) is 24.9. The number of aliphatic hydroxyl groups is 1. The predicted octanol–water partition coefficient (Wildman–Crippen LogP) is 4.09. The summed E-state index contributed by atoms with van der Waals surface area (Å²) in [5.74, 6) is 1.13. The minimum atomic E-state index is -3.83. The van der Waals surface area contributed by atoms with Crippen LogP contribution in [0, 0.1) is 12.8 Å². The number of hydrogen-bond donors (Lipinski definition) is 2. The molecule has 0 unspecified atom stereocenters. The van der Waals surface area contributed by atoms with Gasteiger partial charge in [0.15, 0.2) is 0 Å². The summed E-state index contributed by atoms with van der Waals surface area (Å²) in [5, 5.41) is 9.91. The molecule has 0 saturated carbocycles. The molecule has 1 aliphatic rings. The van der Waals surface area contributed by atoms with Crippen molar-refractivity contribution in [1.29, 1.82) is 0 Å². The van der Waals surface area contributed by atoms with E-state index < -0.39 is 10.0 Å². The van der Waals surface area contributed by atoms with Crippen LogP contribution in [0.25, 0.3) is 0 Å². The molecule has 9 nitrogen and oxygen atoms in total. The third-order valence-corrected chi connectivity index (χ3v) is 9.00. The number of aliphatic hydroxyl groups excluding tert-OH is 1. The molecule has 3 atom stereocenters. The highest BCUT2D eigenvalue weighted by Crippen LogP contribution is 2.30. The summed E-state index contributed by atoms with van der Waals surface area (Å²) < 4.78 is 40.6. The Labute approximate surface area is 249 Å². The number of nitrogens with one attached hydrogen (secondary N) is 1. The zero-order chi connectivity index (χ0) is 30.4. The fourth-order valence-corrected chi connectivity index (χ4v) is 6.11. The summed E-state index contributed by atoms with van der Waals surface area (Å²) in [5.41, 5.74) is 3.01. The topological polar surface area (TPSA) is 108 Å². The average Bonchev–Trinajstić information content (AvgIpc) is 3.00. The number of anilines is 1. The van der Waals surface area contributed by atoms with Gasteiger partial charge >= 0.3 is 0 Å². The number of ether oxygens (including phenoxy) is 2. The van der Waals surface area contributed by atoms with Crippen molar-refractivity contribution >= 4 is 21.6 Å². The highest BCUT2D eigenvalue weighted by Gasteiger charge is 2.31. The summed E-state index contributed by atoms with van der Waals surface area (Å²) in [6, 6.07) is 19.2. The molecule has 42 heavy (non-hydrogen) atoms. The number of benzene rings is 3. The molecule has 0 saturated heterocycles. The molecular formula is C32H41N3O6S. The van der Waals surface area contributed by atoms with Crippen molar-refractivity contribution in [3.05, 3.63) is 83.4 Å². The van der Waals surface area contributed by atoms with Crippen LogP contribution >= 0.6 is 0 Å². The number of hydrogen-bond acceptors (Lipinski definition) is 7. The van der Waals surface area contributed by atoms with Crippen molar-refractivity contribution in [3.8, 4) is 11.5 Å². The number of aryl methyl sites for hydroxylation is 1. The number of nitrogens with zero attached hydrogens (tertiary/aromatic N) is 2. The van der Waals surface area contributed by atoms with E-state index >= 15 is 0 Å². The van der Waals surface area contributed by atoms with Crippen LogP contribution < -0.4 is 14.2 Å². The molecule has 0 aromatic heterocycles. The number of carbonyl (C=O) groups is 1.